The van der Waals surface area contributed by atoms with Gasteiger partial charge in [-0.15, -0.1) is 0 Å². The van der Waals surface area contributed by atoms with E-state index in [9.17, 15) is 18.3 Å². The monoisotopic (exact) mass is 404 g/mol. The molecule has 0 aliphatic carbocycles. The Morgan fingerprint density at radius 2 is 1.71 bits per heavy atom. The van der Waals surface area contributed by atoms with Gasteiger partial charge in [0.25, 0.3) is 5.91 Å². The van der Waals surface area contributed by atoms with E-state index in [1.54, 1.807) is 0 Å². The first-order chi connectivity index (χ1) is 13.5. The van der Waals surface area contributed by atoms with Crippen LogP contribution in [0.1, 0.15) is 15.9 Å². The molecule has 1 unspecified atom stereocenters. The predicted octanol–water partition coefficient (Wildman–Crippen LogP) is 1.04. The number of sulfonamides is 1. The van der Waals surface area contributed by atoms with E-state index in [0.717, 1.165) is 5.56 Å². The quantitative estimate of drug-likeness (QED) is 0.719. The second kappa shape index (κ2) is 9.29. The zero-order chi connectivity index (χ0) is 20.0. The van der Waals surface area contributed by atoms with Gasteiger partial charge in [0.2, 0.25) is 10.0 Å². The largest absolute Gasteiger partial charge is 0.391 e. The fraction of sp³-hybridized carbons (Fsp3) is 0.350. The van der Waals surface area contributed by atoms with E-state index in [0.29, 0.717) is 38.3 Å². The minimum Gasteiger partial charge on any atom is -0.391 e. The molecule has 0 radical (unpaired) electrons. The van der Waals surface area contributed by atoms with Crippen LogP contribution in [0.15, 0.2) is 59.5 Å². The summed E-state index contributed by atoms with van der Waals surface area (Å²) in [5.74, 6) is -0.359. The van der Waals surface area contributed by atoms with E-state index in [1.807, 2.05) is 30.3 Å². The summed E-state index contributed by atoms with van der Waals surface area (Å²) in [6.07, 6.45) is -0.259. The highest BCUT2D eigenvalue weighted by Gasteiger charge is 2.26. The van der Waals surface area contributed by atoms with Gasteiger partial charge in [0, 0.05) is 31.6 Å². The number of aliphatic hydroxyl groups is 1. The van der Waals surface area contributed by atoms with Gasteiger partial charge in [-0.25, -0.2) is 8.42 Å². The molecule has 7 nitrogen and oxygen atoms in total. The zero-order valence-electron chi connectivity index (χ0n) is 15.5. The van der Waals surface area contributed by atoms with Crippen molar-refractivity contribution in [3.05, 3.63) is 65.7 Å². The first-order valence-electron chi connectivity index (χ1n) is 9.15. The number of amides is 1. The van der Waals surface area contributed by atoms with Crippen LogP contribution in [0.5, 0.6) is 0 Å². The molecule has 2 N–H and O–H groups in total. The maximum absolute atomic E-state index is 12.6. The molecule has 1 aliphatic heterocycles. The summed E-state index contributed by atoms with van der Waals surface area (Å²) in [6.45, 7) is 1.52. The Morgan fingerprint density at radius 1 is 1.07 bits per heavy atom. The molecular weight excluding hydrogens is 380 g/mol. The van der Waals surface area contributed by atoms with Crippen LogP contribution in [0, 0.1) is 0 Å². The third-order valence-corrected chi connectivity index (χ3v) is 6.45. The fourth-order valence-electron chi connectivity index (χ4n) is 2.99. The summed E-state index contributed by atoms with van der Waals surface area (Å²) in [5.41, 5.74) is 1.33. The third kappa shape index (κ3) is 5.17. The van der Waals surface area contributed by atoms with Crippen molar-refractivity contribution in [2.45, 2.75) is 17.4 Å². The maximum atomic E-state index is 12.6. The van der Waals surface area contributed by atoms with Crippen molar-refractivity contribution in [3.63, 3.8) is 0 Å². The molecule has 1 fully saturated rings. The molecule has 0 spiro atoms. The second-order valence-corrected chi connectivity index (χ2v) is 8.53. The Kier molecular flexibility index (Phi) is 6.79. The third-order valence-electron chi connectivity index (χ3n) is 4.54. The van der Waals surface area contributed by atoms with Gasteiger partial charge in [0.05, 0.1) is 24.2 Å². The van der Waals surface area contributed by atoms with Crippen LogP contribution in [0.25, 0.3) is 0 Å². The first kappa shape index (κ1) is 20.5. The Labute approximate surface area is 165 Å². The average Bonchev–Trinajstić information content (AvgIpc) is 2.73. The minimum absolute atomic E-state index is 0.113. The van der Waals surface area contributed by atoms with Crippen molar-refractivity contribution >= 4 is 15.9 Å². The summed E-state index contributed by atoms with van der Waals surface area (Å²) in [7, 11) is -3.58. The van der Waals surface area contributed by atoms with Gasteiger partial charge in [-0.1, -0.05) is 30.3 Å². The van der Waals surface area contributed by atoms with Gasteiger partial charge in [-0.05, 0) is 29.8 Å². The number of carbonyl (C=O) groups excluding carboxylic acids is 1. The topological polar surface area (TPSA) is 95.9 Å². The molecule has 3 rings (SSSR count). The van der Waals surface area contributed by atoms with Gasteiger partial charge in [0.15, 0.2) is 0 Å². The Morgan fingerprint density at radius 3 is 2.36 bits per heavy atom. The number of aliphatic hydroxyl groups excluding tert-OH is 1. The Hall–Kier alpha value is -2.26. The average molecular weight is 404 g/mol. The SMILES string of the molecule is O=C(NCC(O)Cc1ccccc1)c1ccc(S(=O)(=O)N2CCOCC2)cc1. The fourth-order valence-corrected chi connectivity index (χ4v) is 4.39. The van der Waals surface area contributed by atoms with Crippen LogP contribution in [-0.4, -0.2) is 62.7 Å². The summed E-state index contributed by atoms with van der Waals surface area (Å²) in [6, 6.07) is 15.3. The molecule has 28 heavy (non-hydrogen) atoms. The first-order valence-corrected chi connectivity index (χ1v) is 10.6. The number of ether oxygens (including phenoxy) is 1. The molecule has 8 heteroatoms. The summed E-state index contributed by atoms with van der Waals surface area (Å²) >= 11 is 0. The standard InChI is InChI=1S/C20H24N2O5S/c23-18(14-16-4-2-1-3-5-16)15-21-20(24)17-6-8-19(9-7-17)28(25,26)22-10-12-27-13-11-22/h1-9,18,23H,10-15H2,(H,21,24). The predicted molar refractivity (Wildman–Crippen MR) is 105 cm³/mol. The molecule has 150 valence electrons. The maximum Gasteiger partial charge on any atom is 0.251 e. The van der Waals surface area contributed by atoms with E-state index in [1.165, 1.54) is 28.6 Å². The molecule has 1 saturated heterocycles. The van der Waals surface area contributed by atoms with Gasteiger partial charge < -0.3 is 15.2 Å². The summed E-state index contributed by atoms with van der Waals surface area (Å²) < 4.78 is 31.8. The highest BCUT2D eigenvalue weighted by Crippen LogP contribution is 2.17. The number of benzene rings is 2. The molecule has 1 amide bonds. The van der Waals surface area contributed by atoms with Crippen molar-refractivity contribution < 1.29 is 23.1 Å². The van der Waals surface area contributed by atoms with E-state index >= 15 is 0 Å². The lowest BCUT2D eigenvalue weighted by atomic mass is 10.1. The highest BCUT2D eigenvalue weighted by molar-refractivity contribution is 7.89. The van der Waals surface area contributed by atoms with E-state index in [-0.39, 0.29) is 17.3 Å². The number of rotatable bonds is 7. The summed E-state index contributed by atoms with van der Waals surface area (Å²) in [5, 5.41) is 12.8. The number of hydrogen-bond acceptors (Lipinski definition) is 5. The Balaban J connectivity index is 1.56. The second-order valence-electron chi connectivity index (χ2n) is 6.59. The van der Waals surface area contributed by atoms with Gasteiger partial charge in [0.1, 0.15) is 0 Å². The van der Waals surface area contributed by atoms with Gasteiger partial charge >= 0.3 is 0 Å². The van der Waals surface area contributed by atoms with Crippen LogP contribution in [-0.2, 0) is 21.2 Å². The molecule has 1 aliphatic rings. The van der Waals surface area contributed by atoms with Crippen molar-refractivity contribution in [3.8, 4) is 0 Å². The number of nitrogens with one attached hydrogen (secondary N) is 1. The van der Waals surface area contributed by atoms with Crippen molar-refractivity contribution in [2.75, 3.05) is 32.8 Å². The molecule has 0 saturated carbocycles. The molecule has 1 heterocycles. The van der Waals surface area contributed by atoms with Crippen LogP contribution >= 0.6 is 0 Å². The van der Waals surface area contributed by atoms with Gasteiger partial charge in [-0.3, -0.25) is 4.79 Å². The molecular formula is C20H24N2O5S. The van der Waals surface area contributed by atoms with Crippen molar-refractivity contribution in [2.24, 2.45) is 0 Å². The Bertz CT molecular complexity index is 879. The van der Waals surface area contributed by atoms with Gasteiger partial charge in [-0.2, -0.15) is 4.31 Å². The van der Waals surface area contributed by atoms with Crippen LogP contribution in [0.4, 0.5) is 0 Å². The van der Waals surface area contributed by atoms with E-state index in [4.69, 9.17) is 4.74 Å². The van der Waals surface area contributed by atoms with Crippen molar-refractivity contribution in [1.29, 1.82) is 0 Å². The molecule has 0 bridgehead atoms. The minimum atomic E-state index is -3.58. The lowest BCUT2D eigenvalue weighted by molar-refractivity contribution is 0.0730. The lowest BCUT2D eigenvalue weighted by Crippen LogP contribution is -2.40. The molecule has 2 aromatic rings. The number of morpholine rings is 1. The zero-order valence-corrected chi connectivity index (χ0v) is 16.3. The highest BCUT2D eigenvalue weighted by atomic mass is 32.2. The number of carbonyl (C=O) groups is 1. The van der Waals surface area contributed by atoms with Crippen LogP contribution < -0.4 is 5.32 Å². The summed E-state index contributed by atoms with van der Waals surface area (Å²) in [4.78, 5) is 12.4. The van der Waals surface area contributed by atoms with E-state index < -0.39 is 16.1 Å². The van der Waals surface area contributed by atoms with Crippen molar-refractivity contribution in [1.82, 2.24) is 9.62 Å². The molecule has 0 aromatic heterocycles. The molecule has 2 aromatic carbocycles. The lowest BCUT2D eigenvalue weighted by Gasteiger charge is -2.26. The number of nitrogens with zero attached hydrogens (tertiary/aromatic N) is 1. The molecule has 1 atom stereocenters. The smallest absolute Gasteiger partial charge is 0.251 e. The van der Waals surface area contributed by atoms with E-state index in [2.05, 4.69) is 5.32 Å². The normalized spacial score (nSPS) is 16.5. The number of hydrogen-bond donors (Lipinski definition) is 2. The van der Waals surface area contributed by atoms with Crippen LogP contribution in [0.2, 0.25) is 0 Å². The van der Waals surface area contributed by atoms with Crippen LogP contribution in [0.3, 0.4) is 0 Å².